The van der Waals surface area contributed by atoms with E-state index in [4.69, 9.17) is 0 Å². The average molecular weight is 246 g/mol. The van der Waals surface area contributed by atoms with Crippen molar-refractivity contribution in [1.82, 2.24) is 10.2 Å². The van der Waals surface area contributed by atoms with E-state index in [1.807, 2.05) is 43.5 Å². The smallest absolute Gasteiger partial charge is 0.236 e. The van der Waals surface area contributed by atoms with Crippen molar-refractivity contribution in [2.45, 2.75) is 19.4 Å². The highest BCUT2D eigenvalue weighted by Crippen LogP contribution is 1.97. The lowest BCUT2D eigenvalue weighted by Gasteiger charge is -2.17. The van der Waals surface area contributed by atoms with E-state index in [2.05, 4.69) is 11.9 Å². The van der Waals surface area contributed by atoms with Crippen LogP contribution in [-0.4, -0.2) is 30.9 Å². The van der Waals surface area contributed by atoms with Crippen molar-refractivity contribution >= 4 is 5.91 Å². The summed E-state index contributed by atoms with van der Waals surface area (Å²) in [5.41, 5.74) is 1.19. The minimum atomic E-state index is 0.134. The molecule has 3 nitrogen and oxygen atoms in total. The minimum Gasteiger partial charge on any atom is -0.345 e. The van der Waals surface area contributed by atoms with Crippen molar-refractivity contribution < 1.29 is 4.79 Å². The molecule has 0 bridgehead atoms. The molecule has 0 fully saturated rings. The lowest BCUT2D eigenvalue weighted by Crippen LogP contribution is -2.35. The molecule has 3 heteroatoms. The standard InChI is InChI=1S/C15H22N2O/c1-3-4-8-11-17(2)15(18)13-16-12-14-9-6-5-7-10-14/h3,5-7,9-10,16H,1,4,8,11-13H2,2H3. The average Bonchev–Trinajstić information content (AvgIpc) is 2.40. The third-order valence-electron chi connectivity index (χ3n) is 2.78. The van der Waals surface area contributed by atoms with Gasteiger partial charge in [0.2, 0.25) is 5.91 Å². The first-order chi connectivity index (χ1) is 8.74. The fourth-order valence-corrected chi connectivity index (χ4v) is 1.64. The summed E-state index contributed by atoms with van der Waals surface area (Å²) in [6.07, 6.45) is 3.81. The maximum atomic E-state index is 11.8. The topological polar surface area (TPSA) is 32.3 Å². The molecule has 0 saturated carbocycles. The molecule has 18 heavy (non-hydrogen) atoms. The first-order valence-corrected chi connectivity index (χ1v) is 6.33. The number of nitrogens with one attached hydrogen (secondary N) is 1. The van der Waals surface area contributed by atoms with Gasteiger partial charge in [-0.2, -0.15) is 0 Å². The Labute approximate surface area is 109 Å². The zero-order valence-corrected chi connectivity index (χ0v) is 11.1. The highest BCUT2D eigenvalue weighted by atomic mass is 16.2. The van der Waals surface area contributed by atoms with Crippen molar-refractivity contribution in [1.29, 1.82) is 0 Å². The normalized spacial score (nSPS) is 10.1. The Balaban J connectivity index is 2.18. The predicted octanol–water partition coefficient (Wildman–Crippen LogP) is 2.20. The second-order valence-electron chi connectivity index (χ2n) is 4.34. The molecule has 0 atom stereocenters. The Morgan fingerprint density at radius 3 is 2.78 bits per heavy atom. The zero-order valence-electron chi connectivity index (χ0n) is 11.1. The molecule has 0 aliphatic rings. The number of allylic oxidation sites excluding steroid dienone is 1. The molecule has 0 heterocycles. The summed E-state index contributed by atoms with van der Waals surface area (Å²) in [6, 6.07) is 10.1. The molecular weight excluding hydrogens is 224 g/mol. The number of carbonyl (C=O) groups excluding carboxylic acids is 1. The lowest BCUT2D eigenvalue weighted by atomic mass is 10.2. The van der Waals surface area contributed by atoms with Crippen LogP contribution < -0.4 is 5.32 Å². The molecule has 0 aliphatic heterocycles. The number of benzene rings is 1. The fraction of sp³-hybridized carbons (Fsp3) is 0.400. The van der Waals surface area contributed by atoms with Crippen LogP contribution in [0.3, 0.4) is 0 Å². The van der Waals surface area contributed by atoms with E-state index in [1.54, 1.807) is 4.90 Å². The summed E-state index contributed by atoms with van der Waals surface area (Å²) in [5.74, 6) is 0.134. The quantitative estimate of drug-likeness (QED) is 0.563. The van der Waals surface area contributed by atoms with Gasteiger partial charge in [-0.05, 0) is 18.4 Å². The highest BCUT2D eigenvalue weighted by molar-refractivity contribution is 5.77. The maximum absolute atomic E-state index is 11.8. The van der Waals surface area contributed by atoms with Gasteiger partial charge in [0.25, 0.3) is 0 Å². The van der Waals surface area contributed by atoms with Gasteiger partial charge in [-0.1, -0.05) is 36.4 Å². The van der Waals surface area contributed by atoms with Crippen LogP contribution in [0.2, 0.25) is 0 Å². The molecule has 0 unspecified atom stereocenters. The Morgan fingerprint density at radius 2 is 2.11 bits per heavy atom. The molecular formula is C15H22N2O. The number of hydrogen-bond acceptors (Lipinski definition) is 2. The van der Waals surface area contributed by atoms with Crippen molar-refractivity contribution in [3.63, 3.8) is 0 Å². The van der Waals surface area contributed by atoms with Gasteiger partial charge in [0, 0.05) is 20.1 Å². The molecule has 1 amide bonds. The van der Waals surface area contributed by atoms with E-state index in [0.717, 1.165) is 25.9 Å². The summed E-state index contributed by atoms with van der Waals surface area (Å²) < 4.78 is 0. The molecule has 0 saturated heterocycles. The maximum Gasteiger partial charge on any atom is 0.236 e. The summed E-state index contributed by atoms with van der Waals surface area (Å²) in [5, 5.41) is 3.16. The Hall–Kier alpha value is -1.61. The van der Waals surface area contributed by atoms with Gasteiger partial charge in [-0.3, -0.25) is 4.79 Å². The fourth-order valence-electron chi connectivity index (χ4n) is 1.64. The first-order valence-electron chi connectivity index (χ1n) is 6.33. The van der Waals surface area contributed by atoms with Crippen LogP contribution in [0, 0.1) is 0 Å². The van der Waals surface area contributed by atoms with Crippen molar-refractivity contribution in [3.8, 4) is 0 Å². The second kappa shape index (κ2) is 8.48. The highest BCUT2D eigenvalue weighted by Gasteiger charge is 2.06. The molecule has 98 valence electrons. The van der Waals surface area contributed by atoms with E-state index in [0.29, 0.717) is 6.54 Å². The number of carbonyl (C=O) groups is 1. The van der Waals surface area contributed by atoms with Crippen LogP contribution in [0.1, 0.15) is 18.4 Å². The van der Waals surface area contributed by atoms with Gasteiger partial charge >= 0.3 is 0 Å². The molecule has 1 rings (SSSR count). The molecule has 1 N–H and O–H groups in total. The molecule has 0 aromatic heterocycles. The van der Waals surface area contributed by atoms with Crippen molar-refractivity contribution in [3.05, 3.63) is 48.6 Å². The number of amides is 1. The minimum absolute atomic E-state index is 0.134. The second-order valence-corrected chi connectivity index (χ2v) is 4.34. The van der Waals surface area contributed by atoms with E-state index < -0.39 is 0 Å². The Kier molecular flexibility index (Phi) is 6.81. The van der Waals surface area contributed by atoms with E-state index in [1.165, 1.54) is 5.56 Å². The van der Waals surface area contributed by atoms with Crippen molar-refractivity contribution in [2.24, 2.45) is 0 Å². The summed E-state index contributed by atoms with van der Waals surface area (Å²) in [4.78, 5) is 13.5. The van der Waals surface area contributed by atoms with Gasteiger partial charge in [-0.25, -0.2) is 0 Å². The summed E-state index contributed by atoms with van der Waals surface area (Å²) in [6.45, 7) is 5.58. The monoisotopic (exact) mass is 246 g/mol. The SMILES string of the molecule is C=CCCCN(C)C(=O)CNCc1ccccc1. The van der Waals surface area contributed by atoms with Crippen LogP contribution in [-0.2, 0) is 11.3 Å². The number of hydrogen-bond donors (Lipinski definition) is 1. The van der Waals surface area contributed by atoms with E-state index >= 15 is 0 Å². The number of rotatable bonds is 8. The van der Waals surface area contributed by atoms with Crippen LogP contribution in [0.25, 0.3) is 0 Å². The molecule has 1 aromatic carbocycles. The third kappa shape index (κ3) is 5.64. The number of nitrogens with zero attached hydrogens (tertiary/aromatic N) is 1. The molecule has 1 aromatic rings. The predicted molar refractivity (Wildman–Crippen MR) is 75.2 cm³/mol. The third-order valence-corrected chi connectivity index (χ3v) is 2.78. The lowest BCUT2D eigenvalue weighted by molar-refractivity contribution is -0.129. The zero-order chi connectivity index (χ0) is 13.2. The summed E-state index contributed by atoms with van der Waals surface area (Å²) >= 11 is 0. The van der Waals surface area contributed by atoms with Crippen LogP contribution in [0.4, 0.5) is 0 Å². The van der Waals surface area contributed by atoms with Crippen LogP contribution in [0.15, 0.2) is 43.0 Å². The molecule has 0 aliphatic carbocycles. The number of likely N-dealkylation sites (N-methyl/N-ethyl adjacent to an activating group) is 1. The largest absolute Gasteiger partial charge is 0.345 e. The van der Waals surface area contributed by atoms with Crippen LogP contribution in [0.5, 0.6) is 0 Å². The van der Waals surface area contributed by atoms with E-state index in [-0.39, 0.29) is 5.91 Å². The van der Waals surface area contributed by atoms with Gasteiger partial charge in [0.05, 0.1) is 6.54 Å². The number of unbranched alkanes of at least 4 members (excludes halogenated alkanes) is 1. The van der Waals surface area contributed by atoms with Gasteiger partial charge < -0.3 is 10.2 Å². The Bertz CT molecular complexity index is 362. The Morgan fingerprint density at radius 1 is 1.39 bits per heavy atom. The van der Waals surface area contributed by atoms with Crippen molar-refractivity contribution in [2.75, 3.05) is 20.1 Å². The van der Waals surface area contributed by atoms with Crippen LogP contribution >= 0.6 is 0 Å². The molecule has 0 spiro atoms. The summed E-state index contributed by atoms with van der Waals surface area (Å²) in [7, 11) is 1.84. The van der Waals surface area contributed by atoms with Gasteiger partial charge in [0.15, 0.2) is 0 Å². The van der Waals surface area contributed by atoms with Gasteiger partial charge in [0.1, 0.15) is 0 Å². The first kappa shape index (κ1) is 14.5. The van der Waals surface area contributed by atoms with Gasteiger partial charge in [-0.15, -0.1) is 6.58 Å². The van der Waals surface area contributed by atoms with E-state index in [9.17, 15) is 4.79 Å². The molecule has 0 radical (unpaired) electrons.